The molecule has 0 radical (unpaired) electrons. The summed E-state index contributed by atoms with van der Waals surface area (Å²) >= 11 is 0. The highest BCUT2D eigenvalue weighted by molar-refractivity contribution is 5.70. The Balaban J connectivity index is 0. The van der Waals surface area contributed by atoms with Crippen molar-refractivity contribution in [2.75, 3.05) is 4.90 Å². The van der Waals surface area contributed by atoms with Gasteiger partial charge in [-0.15, -0.1) is 0 Å². The van der Waals surface area contributed by atoms with Crippen LogP contribution in [-0.2, 0) is 0 Å². The van der Waals surface area contributed by atoms with Gasteiger partial charge >= 0.3 is 0 Å². The molecule has 1 heteroatoms. The van der Waals surface area contributed by atoms with Crippen molar-refractivity contribution in [1.82, 2.24) is 0 Å². The van der Waals surface area contributed by atoms with Crippen LogP contribution in [0.25, 0.3) is 0 Å². The van der Waals surface area contributed by atoms with E-state index in [0.717, 1.165) is 6.42 Å². The van der Waals surface area contributed by atoms with Gasteiger partial charge < -0.3 is 4.90 Å². The van der Waals surface area contributed by atoms with Gasteiger partial charge in [-0.2, -0.15) is 0 Å². The molecule has 0 fully saturated rings. The fourth-order valence-corrected chi connectivity index (χ4v) is 2.74. The molecule has 0 saturated heterocycles. The van der Waals surface area contributed by atoms with Crippen molar-refractivity contribution >= 4 is 11.4 Å². The smallest absolute Gasteiger partial charge is 0.0461 e. The maximum Gasteiger partial charge on any atom is 0.0461 e. The first kappa shape index (κ1) is 31.5. The molecule has 0 bridgehead atoms. The Labute approximate surface area is 200 Å². The fraction of sp³-hybridized carbons (Fsp3) is 0.419. The summed E-state index contributed by atoms with van der Waals surface area (Å²) < 4.78 is 0. The molecule has 1 atom stereocenters. The average Bonchev–Trinajstić information content (AvgIpc) is 2.85. The van der Waals surface area contributed by atoms with Gasteiger partial charge in [0.25, 0.3) is 0 Å². The lowest BCUT2D eigenvalue weighted by molar-refractivity contribution is 0.969. The summed E-state index contributed by atoms with van der Waals surface area (Å²) in [6, 6.07) is 17.3. The maximum atomic E-state index is 3.24. The Bertz CT molecular complexity index is 766. The van der Waals surface area contributed by atoms with Crippen molar-refractivity contribution in [3.8, 4) is 11.8 Å². The Kier molecular flexibility index (Phi) is 19.9. The highest BCUT2D eigenvalue weighted by atomic mass is 15.1. The van der Waals surface area contributed by atoms with Crippen LogP contribution >= 0.6 is 0 Å². The zero-order chi connectivity index (χ0) is 24.9. The molecule has 1 aliphatic carbocycles. The monoisotopic (exact) mass is 433 g/mol. The Morgan fingerprint density at radius 2 is 1.09 bits per heavy atom. The molecule has 0 aromatic heterocycles. The fourth-order valence-electron chi connectivity index (χ4n) is 2.74. The van der Waals surface area contributed by atoms with E-state index in [2.05, 4.69) is 104 Å². The minimum atomic E-state index is 0.284. The lowest BCUT2D eigenvalue weighted by Crippen LogP contribution is -2.15. The van der Waals surface area contributed by atoms with Crippen LogP contribution in [0.5, 0.6) is 0 Å². The molecular weight excluding hydrogens is 386 g/mol. The maximum absolute atomic E-state index is 3.24. The number of anilines is 2. The molecule has 0 heterocycles. The van der Waals surface area contributed by atoms with Gasteiger partial charge in [-0.25, -0.2) is 0 Å². The predicted molar refractivity (Wildman–Crippen MR) is 149 cm³/mol. The molecule has 0 spiro atoms. The second kappa shape index (κ2) is 20.2. The second-order valence-electron chi connectivity index (χ2n) is 6.31. The number of benzene rings is 2. The van der Waals surface area contributed by atoms with Crippen molar-refractivity contribution in [3.63, 3.8) is 0 Å². The van der Waals surface area contributed by atoms with E-state index in [4.69, 9.17) is 0 Å². The third-order valence-corrected chi connectivity index (χ3v) is 4.14. The second-order valence-corrected chi connectivity index (χ2v) is 6.31. The summed E-state index contributed by atoms with van der Waals surface area (Å²) in [4.78, 5) is 2.30. The van der Waals surface area contributed by atoms with Crippen LogP contribution in [0.1, 0.15) is 79.9 Å². The zero-order valence-corrected chi connectivity index (χ0v) is 22.6. The predicted octanol–water partition coefficient (Wildman–Crippen LogP) is 10.0. The van der Waals surface area contributed by atoms with Gasteiger partial charge in [-0.3, -0.25) is 0 Å². The van der Waals surface area contributed by atoms with Gasteiger partial charge in [0.1, 0.15) is 0 Å². The Morgan fingerprint density at radius 1 is 0.688 bits per heavy atom. The lowest BCUT2D eigenvalue weighted by atomic mass is 10.1. The summed E-state index contributed by atoms with van der Waals surface area (Å²) in [6.07, 6.45) is 7.35. The molecule has 176 valence electrons. The molecule has 0 N–H and O–H groups in total. The Morgan fingerprint density at radius 3 is 1.50 bits per heavy atom. The van der Waals surface area contributed by atoms with Gasteiger partial charge in [0, 0.05) is 29.4 Å². The van der Waals surface area contributed by atoms with Gasteiger partial charge in [-0.05, 0) is 57.2 Å². The number of hydrogen-bond acceptors (Lipinski definition) is 1. The third-order valence-electron chi connectivity index (χ3n) is 4.14. The van der Waals surface area contributed by atoms with Crippen molar-refractivity contribution in [2.24, 2.45) is 5.92 Å². The molecule has 1 aliphatic rings. The minimum Gasteiger partial charge on any atom is -0.311 e. The van der Waals surface area contributed by atoms with E-state index in [1.54, 1.807) is 0 Å². The number of rotatable bonds is 3. The van der Waals surface area contributed by atoms with Crippen molar-refractivity contribution in [1.29, 1.82) is 0 Å². The largest absolute Gasteiger partial charge is 0.311 e. The minimum absolute atomic E-state index is 0.284. The summed E-state index contributed by atoms with van der Waals surface area (Å²) in [5.41, 5.74) is 6.04. The van der Waals surface area contributed by atoms with Crippen LogP contribution in [0.2, 0.25) is 0 Å². The quantitative estimate of drug-likeness (QED) is 0.435. The highest BCUT2D eigenvalue weighted by Crippen LogP contribution is 2.31. The molecular formula is C31H47N. The zero-order valence-electron chi connectivity index (χ0n) is 22.6. The normalized spacial score (nSPS) is 15.7. The lowest BCUT2D eigenvalue weighted by Gasteiger charge is -2.27. The molecule has 1 nitrogen and oxygen atoms in total. The molecule has 2 aromatic carbocycles. The first-order chi connectivity index (χ1) is 15.6. The van der Waals surface area contributed by atoms with E-state index in [1.807, 2.05) is 55.4 Å². The van der Waals surface area contributed by atoms with E-state index in [-0.39, 0.29) is 5.92 Å². The number of nitrogens with zero attached hydrogens (tertiary/aromatic N) is 1. The van der Waals surface area contributed by atoms with E-state index in [1.165, 1.54) is 28.2 Å². The van der Waals surface area contributed by atoms with Crippen molar-refractivity contribution in [2.45, 2.75) is 82.6 Å². The van der Waals surface area contributed by atoms with E-state index in [9.17, 15) is 0 Å². The van der Waals surface area contributed by atoms with Crippen LogP contribution < -0.4 is 4.90 Å². The molecule has 0 aliphatic heterocycles. The van der Waals surface area contributed by atoms with Crippen LogP contribution in [0.3, 0.4) is 0 Å². The van der Waals surface area contributed by atoms with Gasteiger partial charge in [-0.1, -0.05) is 109 Å². The molecule has 1 unspecified atom stereocenters. The summed E-state index contributed by atoms with van der Waals surface area (Å²) in [5.74, 6) is 6.76. The van der Waals surface area contributed by atoms with Crippen LogP contribution in [0, 0.1) is 31.6 Å². The van der Waals surface area contributed by atoms with E-state index >= 15 is 0 Å². The van der Waals surface area contributed by atoms with Gasteiger partial charge in [0.15, 0.2) is 0 Å². The van der Waals surface area contributed by atoms with Gasteiger partial charge in [0.05, 0.1) is 0 Å². The first-order valence-electron chi connectivity index (χ1n) is 12.4. The summed E-state index contributed by atoms with van der Waals surface area (Å²) in [7, 11) is 0. The highest BCUT2D eigenvalue weighted by Gasteiger charge is 2.13. The molecule has 32 heavy (non-hydrogen) atoms. The summed E-state index contributed by atoms with van der Waals surface area (Å²) in [6.45, 7) is 22.4. The topological polar surface area (TPSA) is 3.24 Å². The van der Waals surface area contributed by atoms with Crippen LogP contribution in [0.4, 0.5) is 11.4 Å². The molecule has 2 aromatic rings. The van der Waals surface area contributed by atoms with Crippen LogP contribution in [0.15, 0.2) is 72.5 Å². The Hall–Kier alpha value is -2.72. The standard InChI is InChI=1S/C23H23N.4C2H6/c1-18-6-4-5-7-21(13-8-18)24(22-14-9-19(2)10-15-22)23-16-11-20(3)12-17-23;4*1-2/h7-18H,5H2,1-3H3;4*1-2H3/b13-8-,21-7+;;;;. The van der Waals surface area contributed by atoms with Crippen molar-refractivity contribution in [3.05, 3.63) is 83.6 Å². The van der Waals surface area contributed by atoms with Crippen LogP contribution in [-0.4, -0.2) is 0 Å². The summed E-state index contributed by atoms with van der Waals surface area (Å²) in [5, 5.41) is 0. The van der Waals surface area contributed by atoms with E-state index < -0.39 is 0 Å². The molecule has 0 saturated carbocycles. The number of allylic oxidation sites excluding steroid dienone is 3. The molecule has 0 amide bonds. The average molecular weight is 434 g/mol. The number of aryl methyl sites for hydroxylation is 2. The number of hydrogen-bond donors (Lipinski definition) is 0. The van der Waals surface area contributed by atoms with Gasteiger partial charge in [0.2, 0.25) is 0 Å². The van der Waals surface area contributed by atoms with E-state index in [0.29, 0.717) is 0 Å². The first-order valence-corrected chi connectivity index (χ1v) is 12.4. The SMILES string of the molecule is CC.CC.CC.CC.Cc1ccc(N(C2=C/CC#CC(C)/C=C\2)c2ccc(C)cc2)cc1. The third kappa shape index (κ3) is 11.1. The van der Waals surface area contributed by atoms with Crippen molar-refractivity contribution < 1.29 is 0 Å². The molecule has 3 rings (SSSR count).